The number of alkyl halides is 3. The minimum atomic E-state index is -4.81. The van der Waals surface area contributed by atoms with Crippen molar-refractivity contribution in [1.29, 1.82) is 0 Å². The van der Waals surface area contributed by atoms with Crippen LogP contribution >= 0.6 is 11.6 Å². The summed E-state index contributed by atoms with van der Waals surface area (Å²) in [6.45, 7) is 0. The molecule has 0 atom stereocenters. The maximum atomic E-state index is 14.4. The number of amides is 1. The summed E-state index contributed by atoms with van der Waals surface area (Å²) in [5, 5.41) is 1.56. The zero-order valence-electron chi connectivity index (χ0n) is 16.8. The fourth-order valence-corrected chi connectivity index (χ4v) is 3.40. The molecule has 3 aromatic carbocycles. The zero-order chi connectivity index (χ0) is 24.6. The van der Waals surface area contributed by atoms with Crippen LogP contribution in [-0.2, 0) is 6.18 Å². The lowest BCUT2D eigenvalue weighted by Gasteiger charge is -2.12. The van der Waals surface area contributed by atoms with Gasteiger partial charge in [0.2, 0.25) is 0 Å². The van der Waals surface area contributed by atoms with E-state index in [1.54, 1.807) is 0 Å². The van der Waals surface area contributed by atoms with E-state index >= 15 is 0 Å². The second-order valence-electron chi connectivity index (χ2n) is 7.06. The Balaban J connectivity index is 1.66. The first-order valence-electron chi connectivity index (χ1n) is 9.47. The molecule has 0 unspecified atom stereocenters. The van der Waals surface area contributed by atoms with Gasteiger partial charge in [-0.25, -0.2) is 8.78 Å². The van der Waals surface area contributed by atoms with Gasteiger partial charge in [0.1, 0.15) is 0 Å². The maximum Gasteiger partial charge on any atom is 0.417 e. The van der Waals surface area contributed by atoms with Crippen molar-refractivity contribution in [2.24, 2.45) is 0 Å². The predicted molar refractivity (Wildman–Crippen MR) is 114 cm³/mol. The van der Waals surface area contributed by atoms with E-state index < -0.39 is 51.2 Å². The average molecular weight is 492 g/mol. The lowest BCUT2D eigenvalue weighted by Crippen LogP contribution is -2.15. The van der Waals surface area contributed by atoms with Gasteiger partial charge in [-0.15, -0.1) is 0 Å². The Morgan fingerprint density at radius 3 is 2.24 bits per heavy atom. The van der Waals surface area contributed by atoms with Gasteiger partial charge >= 0.3 is 6.18 Å². The van der Waals surface area contributed by atoms with Crippen molar-refractivity contribution in [3.8, 4) is 0 Å². The van der Waals surface area contributed by atoms with Gasteiger partial charge in [0, 0.05) is 35.3 Å². The van der Waals surface area contributed by atoms with Gasteiger partial charge in [0.05, 0.1) is 27.2 Å². The van der Waals surface area contributed by atoms with E-state index in [4.69, 9.17) is 11.6 Å². The van der Waals surface area contributed by atoms with Crippen LogP contribution in [0.15, 0.2) is 60.9 Å². The molecule has 4 aromatic rings. The monoisotopic (exact) mass is 491 g/mol. The normalized spacial score (nSPS) is 11.5. The summed E-state index contributed by atoms with van der Waals surface area (Å²) in [7, 11) is 0. The third kappa shape index (κ3) is 4.58. The van der Waals surface area contributed by atoms with Crippen molar-refractivity contribution in [3.63, 3.8) is 0 Å². The smallest absolute Gasteiger partial charge is 0.322 e. The van der Waals surface area contributed by atoms with Crippen LogP contribution in [0.4, 0.5) is 27.6 Å². The molecule has 4 rings (SSSR count). The molecule has 1 amide bonds. The Hall–Kier alpha value is -3.92. The first kappa shape index (κ1) is 23.2. The number of ketones is 1. The molecule has 34 heavy (non-hydrogen) atoms. The second kappa shape index (κ2) is 8.79. The van der Waals surface area contributed by atoms with Crippen molar-refractivity contribution in [2.75, 3.05) is 5.32 Å². The number of benzene rings is 3. The molecule has 0 saturated carbocycles. The van der Waals surface area contributed by atoms with Gasteiger partial charge in [-0.3, -0.25) is 19.6 Å². The van der Waals surface area contributed by atoms with E-state index in [1.807, 2.05) is 0 Å². The Morgan fingerprint density at radius 2 is 1.53 bits per heavy atom. The third-order valence-electron chi connectivity index (χ3n) is 4.80. The quantitative estimate of drug-likeness (QED) is 0.278. The number of fused-ring (bicyclic) bond motifs is 1. The Kier molecular flexibility index (Phi) is 6.01. The van der Waals surface area contributed by atoms with Gasteiger partial charge in [0.25, 0.3) is 5.91 Å². The Labute approximate surface area is 193 Å². The van der Waals surface area contributed by atoms with Gasteiger partial charge < -0.3 is 5.32 Å². The summed E-state index contributed by atoms with van der Waals surface area (Å²) in [5.74, 6) is -4.83. The van der Waals surface area contributed by atoms with Crippen LogP contribution in [0.5, 0.6) is 0 Å². The molecule has 172 valence electrons. The average Bonchev–Trinajstić information content (AvgIpc) is 2.80. The van der Waals surface area contributed by atoms with Crippen LogP contribution in [0.25, 0.3) is 11.0 Å². The molecule has 0 spiro atoms. The number of hydrogen-bond donors (Lipinski definition) is 1. The van der Waals surface area contributed by atoms with Crippen LogP contribution in [-0.4, -0.2) is 21.7 Å². The summed E-state index contributed by atoms with van der Waals surface area (Å²) in [4.78, 5) is 33.4. The number of aromatic nitrogens is 2. The molecule has 0 bridgehead atoms. The largest absolute Gasteiger partial charge is 0.417 e. The molecule has 0 radical (unpaired) electrons. The summed E-state index contributed by atoms with van der Waals surface area (Å²) in [6.07, 6.45) is -1.96. The van der Waals surface area contributed by atoms with Gasteiger partial charge in [-0.1, -0.05) is 11.6 Å². The van der Waals surface area contributed by atoms with Crippen molar-refractivity contribution in [3.05, 3.63) is 99.8 Å². The van der Waals surface area contributed by atoms with Crippen molar-refractivity contribution >= 4 is 40.0 Å². The number of anilines is 1. The van der Waals surface area contributed by atoms with E-state index in [1.165, 1.54) is 30.6 Å². The highest BCUT2D eigenvalue weighted by molar-refractivity contribution is 6.31. The Bertz CT molecular complexity index is 1460. The molecule has 1 N–H and O–H groups in total. The molecule has 5 nitrogen and oxygen atoms in total. The minimum Gasteiger partial charge on any atom is -0.322 e. The fraction of sp³-hybridized carbons (Fsp3) is 0.0435. The van der Waals surface area contributed by atoms with E-state index in [0.29, 0.717) is 23.2 Å². The van der Waals surface area contributed by atoms with Gasteiger partial charge in [0.15, 0.2) is 17.4 Å². The van der Waals surface area contributed by atoms with Gasteiger partial charge in [-0.2, -0.15) is 13.2 Å². The van der Waals surface area contributed by atoms with Crippen molar-refractivity contribution < 1.29 is 31.5 Å². The lowest BCUT2D eigenvalue weighted by molar-refractivity contribution is -0.137. The van der Waals surface area contributed by atoms with E-state index in [2.05, 4.69) is 15.3 Å². The van der Waals surface area contributed by atoms with E-state index in [9.17, 15) is 31.5 Å². The van der Waals surface area contributed by atoms with E-state index in [-0.39, 0.29) is 11.3 Å². The highest BCUT2D eigenvalue weighted by Crippen LogP contribution is 2.35. The molecular formula is C23H11ClF5N3O2. The molecule has 1 heterocycles. The molecule has 0 fully saturated rings. The van der Waals surface area contributed by atoms with Crippen LogP contribution in [0.2, 0.25) is 5.02 Å². The standard InChI is InChI=1S/C23H11ClF5N3O2/c24-16-3-1-12(7-15(16)23(27,28)29)22(34)32-13-9-14(20(26)17(25)10-13)21(33)11-2-4-18-19(8-11)31-6-5-30-18/h1-10H,(H,32,34). The molecule has 0 saturated heterocycles. The number of hydrogen-bond acceptors (Lipinski definition) is 4. The van der Waals surface area contributed by atoms with Crippen molar-refractivity contribution in [2.45, 2.75) is 6.18 Å². The number of halogens is 6. The predicted octanol–water partition coefficient (Wildman–Crippen LogP) is 6.06. The highest BCUT2D eigenvalue weighted by atomic mass is 35.5. The highest BCUT2D eigenvalue weighted by Gasteiger charge is 2.34. The molecule has 0 aliphatic rings. The summed E-state index contributed by atoms with van der Waals surface area (Å²) in [5.41, 5.74) is -1.87. The maximum absolute atomic E-state index is 14.4. The van der Waals surface area contributed by atoms with Gasteiger partial charge in [-0.05, 0) is 42.5 Å². The first-order valence-corrected chi connectivity index (χ1v) is 9.85. The number of rotatable bonds is 4. The summed E-state index contributed by atoms with van der Waals surface area (Å²) >= 11 is 5.55. The molecule has 0 aliphatic carbocycles. The number of carbonyl (C=O) groups is 2. The number of nitrogens with one attached hydrogen (secondary N) is 1. The van der Waals surface area contributed by atoms with Crippen LogP contribution in [0, 0.1) is 11.6 Å². The number of carbonyl (C=O) groups excluding carboxylic acids is 2. The third-order valence-corrected chi connectivity index (χ3v) is 5.13. The molecule has 0 aliphatic heterocycles. The molecule has 1 aromatic heterocycles. The fourth-order valence-electron chi connectivity index (χ4n) is 3.17. The molecular weight excluding hydrogens is 481 g/mol. The topological polar surface area (TPSA) is 72.0 Å². The minimum absolute atomic E-state index is 0.0118. The Morgan fingerprint density at radius 1 is 0.853 bits per heavy atom. The van der Waals surface area contributed by atoms with Crippen molar-refractivity contribution in [1.82, 2.24) is 9.97 Å². The van der Waals surface area contributed by atoms with Crippen LogP contribution < -0.4 is 5.32 Å². The van der Waals surface area contributed by atoms with Crippen LogP contribution in [0.1, 0.15) is 31.8 Å². The van der Waals surface area contributed by atoms with Crippen LogP contribution in [0.3, 0.4) is 0 Å². The second-order valence-corrected chi connectivity index (χ2v) is 7.46. The first-order chi connectivity index (χ1) is 16.0. The summed E-state index contributed by atoms with van der Waals surface area (Å²) < 4.78 is 67.9. The lowest BCUT2D eigenvalue weighted by atomic mass is 10.0. The number of nitrogens with zero attached hydrogens (tertiary/aromatic N) is 2. The molecule has 11 heteroatoms. The van der Waals surface area contributed by atoms with E-state index in [0.717, 1.165) is 18.2 Å². The SMILES string of the molecule is O=C(Nc1cc(F)c(F)c(C(=O)c2ccc3nccnc3c2)c1)c1ccc(Cl)c(C(F)(F)F)c1. The zero-order valence-corrected chi connectivity index (χ0v) is 17.5. The summed E-state index contributed by atoms with van der Waals surface area (Å²) in [6, 6.07) is 8.13.